The molecule has 0 heterocycles. The molecule has 3 heteroatoms. The van der Waals surface area contributed by atoms with Gasteiger partial charge in [0.2, 0.25) is 0 Å². The zero-order valence-electron chi connectivity index (χ0n) is 14.9. The molecule has 0 fully saturated rings. The highest BCUT2D eigenvalue weighted by atomic mass is 16.4. The van der Waals surface area contributed by atoms with Crippen LogP contribution in [0.5, 0.6) is 0 Å². The van der Waals surface area contributed by atoms with E-state index in [4.69, 9.17) is 8.05 Å². The fourth-order valence-corrected chi connectivity index (χ4v) is 3.00. The Hall–Kier alpha value is -0.0151. The molecule has 0 amide bonds. The molecule has 0 spiro atoms. The quantitative estimate of drug-likeness (QED) is 0.286. The van der Waals surface area contributed by atoms with Crippen LogP contribution in [0.1, 0.15) is 79.6 Å². The molecule has 0 unspecified atom stereocenters. The highest BCUT2D eigenvalue weighted by molar-refractivity contribution is 5.97. The molecule has 0 saturated carbocycles. The summed E-state index contributed by atoms with van der Waals surface area (Å²) < 4.78 is 5.72. The van der Waals surface area contributed by atoms with Crippen LogP contribution in [0, 0.1) is 0 Å². The number of unbranched alkanes of at least 4 members (excludes halogenated alkanes) is 2. The van der Waals surface area contributed by atoms with Crippen molar-refractivity contribution in [3.63, 3.8) is 0 Å². The van der Waals surface area contributed by atoms with Crippen molar-refractivity contribution in [1.82, 2.24) is 0 Å². The first-order chi connectivity index (χ1) is 9.66. The zero-order chi connectivity index (χ0) is 15.7. The van der Waals surface area contributed by atoms with Gasteiger partial charge in [0, 0.05) is 6.61 Å². The molecule has 0 saturated heterocycles. The molecule has 0 aliphatic rings. The van der Waals surface area contributed by atoms with E-state index in [0.29, 0.717) is 6.61 Å². The van der Waals surface area contributed by atoms with Crippen LogP contribution in [0.25, 0.3) is 0 Å². The van der Waals surface area contributed by atoms with Gasteiger partial charge in [-0.2, -0.15) is 0 Å². The van der Waals surface area contributed by atoms with Gasteiger partial charge in [-0.25, -0.2) is 0 Å². The topological polar surface area (TPSA) is 9.23 Å². The molecular formula is C17H39BNO+. The van der Waals surface area contributed by atoms with Crippen molar-refractivity contribution >= 4 is 8.05 Å². The Labute approximate surface area is 130 Å². The molecule has 0 aromatic heterocycles. The second kappa shape index (κ2) is 17.0. The second-order valence-electron chi connectivity index (χ2n) is 5.81. The van der Waals surface area contributed by atoms with Gasteiger partial charge in [0.05, 0.1) is 26.2 Å². The van der Waals surface area contributed by atoms with E-state index in [9.17, 15) is 0 Å². The number of nitrogens with zero attached hydrogens (tertiary/aromatic N) is 1. The largest absolute Gasteiger partial charge is 0.448 e. The summed E-state index contributed by atoms with van der Waals surface area (Å²) in [5.41, 5.74) is 0. The van der Waals surface area contributed by atoms with Crippen molar-refractivity contribution in [3.05, 3.63) is 0 Å². The van der Waals surface area contributed by atoms with Gasteiger partial charge in [0.1, 0.15) is 0 Å². The highest BCUT2D eigenvalue weighted by Gasteiger charge is 2.22. The Balaban J connectivity index is 0. The minimum Gasteiger partial charge on any atom is -0.448 e. The zero-order valence-corrected chi connectivity index (χ0v) is 14.9. The second-order valence-corrected chi connectivity index (χ2v) is 5.81. The molecule has 0 aromatic rings. The average Bonchev–Trinajstić information content (AvgIpc) is 2.41. The first kappa shape index (κ1) is 22.3. The third kappa shape index (κ3) is 13.0. The summed E-state index contributed by atoms with van der Waals surface area (Å²) in [4.78, 5) is 0. The first-order valence-corrected chi connectivity index (χ1v) is 8.82. The molecule has 0 atom stereocenters. The molecule has 120 valence electrons. The summed E-state index contributed by atoms with van der Waals surface area (Å²) >= 11 is 0. The van der Waals surface area contributed by atoms with E-state index in [1.54, 1.807) is 0 Å². The molecule has 0 N–H and O–H groups in total. The summed E-state index contributed by atoms with van der Waals surface area (Å²) in [6.07, 6.45) is 8.87. The maximum Gasteiger partial charge on any atom is 0.282 e. The Morgan fingerprint density at radius 2 is 1.05 bits per heavy atom. The first-order valence-electron chi connectivity index (χ1n) is 8.82. The monoisotopic (exact) mass is 284 g/mol. The van der Waals surface area contributed by atoms with Gasteiger partial charge < -0.3 is 9.14 Å². The molecule has 2 radical (unpaired) electrons. The van der Waals surface area contributed by atoms with E-state index in [1.807, 2.05) is 0 Å². The Morgan fingerprint density at radius 1 is 0.650 bits per heavy atom. The third-order valence-electron chi connectivity index (χ3n) is 3.66. The lowest BCUT2D eigenvalue weighted by Gasteiger charge is -2.38. The smallest absolute Gasteiger partial charge is 0.282 e. The fraction of sp³-hybridized carbons (Fsp3) is 1.00. The van der Waals surface area contributed by atoms with E-state index in [2.05, 4.69) is 39.3 Å². The van der Waals surface area contributed by atoms with Crippen LogP contribution in [-0.2, 0) is 4.65 Å². The van der Waals surface area contributed by atoms with Crippen molar-refractivity contribution in [2.24, 2.45) is 0 Å². The summed E-state index contributed by atoms with van der Waals surface area (Å²) in [5.74, 6) is 0. The van der Waals surface area contributed by atoms with Gasteiger partial charge in [-0.1, -0.05) is 47.5 Å². The summed E-state index contributed by atoms with van der Waals surface area (Å²) in [6.45, 7) is 17.6. The molecule has 0 aliphatic heterocycles. The van der Waals surface area contributed by atoms with Crippen molar-refractivity contribution in [2.75, 3.05) is 32.8 Å². The highest BCUT2D eigenvalue weighted by Crippen LogP contribution is 2.12. The van der Waals surface area contributed by atoms with E-state index >= 15 is 0 Å². The maximum atomic E-state index is 4.77. The number of quaternary nitrogens is 1. The summed E-state index contributed by atoms with van der Waals surface area (Å²) in [5, 5.41) is 0. The third-order valence-corrected chi connectivity index (χ3v) is 3.66. The van der Waals surface area contributed by atoms with Crippen LogP contribution >= 0.6 is 0 Å². The predicted molar refractivity (Wildman–Crippen MR) is 92.1 cm³/mol. The Kier molecular flexibility index (Phi) is 19.0. The summed E-state index contributed by atoms with van der Waals surface area (Å²) in [7, 11) is 4.77. The van der Waals surface area contributed by atoms with Crippen molar-refractivity contribution in [1.29, 1.82) is 0 Å². The lowest BCUT2D eigenvalue weighted by Crippen LogP contribution is -2.50. The lowest BCUT2D eigenvalue weighted by molar-refractivity contribution is -0.928. The van der Waals surface area contributed by atoms with Crippen LogP contribution < -0.4 is 0 Å². The van der Waals surface area contributed by atoms with Crippen molar-refractivity contribution < 1.29 is 9.14 Å². The summed E-state index contributed by atoms with van der Waals surface area (Å²) in [6, 6.07) is 0. The maximum absolute atomic E-state index is 4.77. The van der Waals surface area contributed by atoms with Crippen LogP contribution in [0.2, 0.25) is 0 Å². The number of hydrogen-bond donors (Lipinski definition) is 0. The van der Waals surface area contributed by atoms with E-state index in [0.717, 1.165) is 6.42 Å². The average molecular weight is 284 g/mol. The minimum atomic E-state index is 0.702. The van der Waals surface area contributed by atoms with Crippen LogP contribution in [0.3, 0.4) is 0 Å². The van der Waals surface area contributed by atoms with Gasteiger partial charge in [-0.3, -0.25) is 0 Å². The van der Waals surface area contributed by atoms with Crippen LogP contribution in [0.4, 0.5) is 0 Å². The predicted octanol–water partition coefficient (Wildman–Crippen LogP) is 4.72. The molecule has 0 rings (SSSR count). The van der Waals surface area contributed by atoms with Gasteiger partial charge in [0.25, 0.3) is 8.05 Å². The van der Waals surface area contributed by atoms with Gasteiger partial charge in [-0.05, 0) is 32.1 Å². The SMILES string of the molecule is CCC[N+](CCC)(CCC)CCC.[B]OCCCCC. The Bertz CT molecular complexity index is 143. The normalized spacial score (nSPS) is 11.1. The molecule has 0 aliphatic carbocycles. The molecule has 0 bridgehead atoms. The lowest BCUT2D eigenvalue weighted by atomic mass is 10.2. The van der Waals surface area contributed by atoms with Gasteiger partial charge in [0.15, 0.2) is 0 Å². The van der Waals surface area contributed by atoms with Gasteiger partial charge >= 0.3 is 0 Å². The van der Waals surface area contributed by atoms with Crippen LogP contribution in [-0.4, -0.2) is 45.3 Å². The molecule has 20 heavy (non-hydrogen) atoms. The molecular weight excluding hydrogens is 245 g/mol. The number of rotatable bonds is 12. The van der Waals surface area contributed by atoms with E-state index < -0.39 is 0 Å². The van der Waals surface area contributed by atoms with E-state index in [-0.39, 0.29) is 0 Å². The van der Waals surface area contributed by atoms with Crippen molar-refractivity contribution in [2.45, 2.75) is 79.6 Å². The van der Waals surface area contributed by atoms with E-state index in [1.165, 1.54) is 69.2 Å². The fourth-order valence-electron chi connectivity index (χ4n) is 3.00. The minimum absolute atomic E-state index is 0.702. The van der Waals surface area contributed by atoms with Gasteiger partial charge in [-0.15, -0.1) is 0 Å². The van der Waals surface area contributed by atoms with Crippen LogP contribution in [0.15, 0.2) is 0 Å². The number of hydrogen-bond acceptors (Lipinski definition) is 1. The van der Waals surface area contributed by atoms with Crippen molar-refractivity contribution in [3.8, 4) is 0 Å². The Morgan fingerprint density at radius 3 is 1.30 bits per heavy atom. The molecule has 2 nitrogen and oxygen atoms in total. The standard InChI is InChI=1S/C12H28N.C5H11BO/c1-5-9-13(10-6-2,11-7-3)12-8-4;1-2-3-4-5-7-6/h5-12H2,1-4H3;2-5H2,1H3/q+1;. The molecule has 0 aromatic carbocycles.